The van der Waals surface area contributed by atoms with Crippen LogP contribution in [0, 0.1) is 5.82 Å². The molecule has 1 amide bonds. The minimum atomic E-state index is -0.760. The summed E-state index contributed by atoms with van der Waals surface area (Å²) in [5.41, 5.74) is -0.165. The van der Waals surface area contributed by atoms with Gasteiger partial charge in [0, 0.05) is 5.02 Å². The molecule has 0 saturated carbocycles. The van der Waals surface area contributed by atoms with E-state index in [1.807, 2.05) is 5.16 Å². The van der Waals surface area contributed by atoms with Crippen molar-refractivity contribution in [3.8, 4) is 0 Å². The van der Waals surface area contributed by atoms with E-state index in [4.69, 9.17) is 11.6 Å². The number of benzene rings is 1. The first-order chi connectivity index (χ1) is 6.15. The summed E-state index contributed by atoms with van der Waals surface area (Å²) in [7, 11) is 0. The van der Waals surface area contributed by atoms with Crippen LogP contribution in [0.5, 0.6) is 0 Å². The molecule has 0 bridgehead atoms. The molecule has 1 rings (SSSR count). The van der Waals surface area contributed by atoms with Gasteiger partial charge in [0.05, 0.1) is 10.7 Å². The Morgan fingerprint density at radius 2 is 2.31 bits per heavy atom. The van der Waals surface area contributed by atoms with Crippen LogP contribution in [0.1, 0.15) is 10.4 Å². The van der Waals surface area contributed by atoms with Crippen molar-refractivity contribution in [3.63, 3.8) is 0 Å². The quantitative estimate of drug-likeness (QED) is 0.533. The van der Waals surface area contributed by atoms with E-state index in [-0.39, 0.29) is 10.6 Å². The number of amides is 1. The average Bonchev–Trinajstić information content (AvgIpc) is 2.04. The maximum Gasteiger partial charge on any atom is 0.288 e. The Labute approximate surface area is 84.0 Å². The lowest BCUT2D eigenvalue weighted by Crippen LogP contribution is -1.97. The molecule has 0 heterocycles. The zero-order chi connectivity index (χ0) is 9.84. The molecule has 1 aromatic carbocycles. The molecule has 0 fully saturated rings. The van der Waals surface area contributed by atoms with Crippen LogP contribution in [0.15, 0.2) is 23.2 Å². The standard InChI is InChI=1S/C8H3ClFNOS/c9-5-1-2-6(7(10)3-5)8(12)11-4-13/h1-3H. The minimum Gasteiger partial charge on any atom is -0.266 e. The number of nitrogens with zero attached hydrogens (tertiary/aromatic N) is 1. The van der Waals surface area contributed by atoms with Crippen molar-refractivity contribution in [3.05, 3.63) is 34.6 Å². The predicted molar refractivity (Wildman–Crippen MR) is 50.8 cm³/mol. The summed E-state index contributed by atoms with van der Waals surface area (Å²) < 4.78 is 13.0. The molecule has 0 unspecified atom stereocenters. The van der Waals surface area contributed by atoms with Crippen LogP contribution >= 0.6 is 23.8 Å². The van der Waals surface area contributed by atoms with Gasteiger partial charge in [-0.05, 0) is 30.4 Å². The predicted octanol–water partition coefficient (Wildman–Crippen LogP) is 2.72. The minimum absolute atomic E-state index is 0.165. The van der Waals surface area contributed by atoms with Crippen molar-refractivity contribution in [1.82, 2.24) is 0 Å². The number of rotatable bonds is 1. The summed E-state index contributed by atoms with van der Waals surface area (Å²) in [6.45, 7) is 0. The van der Waals surface area contributed by atoms with Crippen LogP contribution in [0.3, 0.4) is 0 Å². The molecule has 0 aliphatic rings. The van der Waals surface area contributed by atoms with E-state index in [0.717, 1.165) is 6.07 Å². The van der Waals surface area contributed by atoms with Crippen LogP contribution in [0.4, 0.5) is 4.39 Å². The van der Waals surface area contributed by atoms with Gasteiger partial charge in [-0.25, -0.2) is 4.39 Å². The molecule has 0 aliphatic heterocycles. The molecule has 5 heteroatoms. The van der Waals surface area contributed by atoms with Gasteiger partial charge in [0.1, 0.15) is 5.82 Å². The van der Waals surface area contributed by atoms with Crippen LogP contribution in [-0.2, 0) is 0 Å². The van der Waals surface area contributed by atoms with Gasteiger partial charge in [0.2, 0.25) is 0 Å². The third-order valence-corrected chi connectivity index (χ3v) is 1.64. The Hall–Kier alpha value is -1.09. The highest BCUT2D eigenvalue weighted by Crippen LogP contribution is 2.15. The van der Waals surface area contributed by atoms with Gasteiger partial charge in [0.15, 0.2) is 0 Å². The number of thiocarbonyl (C=S) groups is 1. The van der Waals surface area contributed by atoms with Crippen molar-refractivity contribution in [2.45, 2.75) is 0 Å². The molecule has 0 aromatic heterocycles. The lowest BCUT2D eigenvalue weighted by atomic mass is 10.2. The van der Waals surface area contributed by atoms with Crippen molar-refractivity contribution in [2.24, 2.45) is 4.99 Å². The lowest BCUT2D eigenvalue weighted by molar-refractivity contribution is 0.1000. The van der Waals surface area contributed by atoms with Crippen molar-refractivity contribution in [2.75, 3.05) is 0 Å². The van der Waals surface area contributed by atoms with Crippen molar-refractivity contribution in [1.29, 1.82) is 0 Å². The fourth-order valence-corrected chi connectivity index (χ4v) is 1.01. The van der Waals surface area contributed by atoms with E-state index >= 15 is 0 Å². The zero-order valence-corrected chi connectivity index (χ0v) is 7.82. The van der Waals surface area contributed by atoms with Gasteiger partial charge in [-0.15, -0.1) is 0 Å². The van der Waals surface area contributed by atoms with Gasteiger partial charge in [-0.1, -0.05) is 11.6 Å². The number of aliphatic imine (C=N–C) groups is 1. The molecule has 66 valence electrons. The Morgan fingerprint density at radius 1 is 1.62 bits per heavy atom. The van der Waals surface area contributed by atoms with Crippen LogP contribution in [0.2, 0.25) is 5.02 Å². The fraction of sp³-hybridized carbons (Fsp3) is 0. The van der Waals surface area contributed by atoms with E-state index in [0.29, 0.717) is 0 Å². The SMILES string of the molecule is O=C(N=C=S)c1ccc(Cl)cc1F. The molecule has 0 radical (unpaired) electrons. The van der Waals surface area contributed by atoms with E-state index in [9.17, 15) is 9.18 Å². The van der Waals surface area contributed by atoms with Crippen LogP contribution < -0.4 is 0 Å². The molecule has 13 heavy (non-hydrogen) atoms. The normalized spacial score (nSPS) is 9.08. The average molecular weight is 216 g/mol. The highest BCUT2D eigenvalue weighted by molar-refractivity contribution is 7.78. The molecule has 0 saturated heterocycles. The van der Waals surface area contributed by atoms with Gasteiger partial charge in [0.25, 0.3) is 5.91 Å². The summed E-state index contributed by atoms with van der Waals surface area (Å²) in [6.07, 6.45) is 0. The molecule has 0 N–H and O–H groups in total. The second kappa shape index (κ2) is 4.23. The van der Waals surface area contributed by atoms with Gasteiger partial charge in [-0.2, -0.15) is 4.99 Å². The first-order valence-electron chi connectivity index (χ1n) is 3.22. The number of carbonyl (C=O) groups excluding carboxylic acids is 1. The largest absolute Gasteiger partial charge is 0.288 e. The monoisotopic (exact) mass is 215 g/mol. The first kappa shape index (κ1) is 9.99. The summed E-state index contributed by atoms with van der Waals surface area (Å²) in [5.74, 6) is -1.48. The maximum absolute atomic E-state index is 13.0. The number of isothiocyanates is 1. The third-order valence-electron chi connectivity index (χ3n) is 1.31. The van der Waals surface area contributed by atoms with E-state index < -0.39 is 11.7 Å². The Morgan fingerprint density at radius 3 is 2.85 bits per heavy atom. The van der Waals surface area contributed by atoms with Gasteiger partial charge < -0.3 is 0 Å². The number of halogens is 2. The maximum atomic E-state index is 13.0. The Bertz CT molecular complexity index is 401. The molecule has 1 aromatic rings. The molecular weight excluding hydrogens is 213 g/mol. The van der Waals surface area contributed by atoms with E-state index in [1.54, 1.807) is 0 Å². The molecule has 0 aliphatic carbocycles. The van der Waals surface area contributed by atoms with E-state index in [1.165, 1.54) is 12.1 Å². The lowest BCUT2D eigenvalue weighted by Gasteiger charge is -1.96. The highest BCUT2D eigenvalue weighted by atomic mass is 35.5. The van der Waals surface area contributed by atoms with E-state index in [2.05, 4.69) is 17.2 Å². The Kier molecular flexibility index (Phi) is 3.25. The van der Waals surface area contributed by atoms with Crippen LogP contribution in [0.25, 0.3) is 0 Å². The summed E-state index contributed by atoms with van der Waals surface area (Å²) in [5, 5.41) is 2.09. The van der Waals surface area contributed by atoms with Gasteiger partial charge >= 0.3 is 0 Å². The first-order valence-corrected chi connectivity index (χ1v) is 4.01. The summed E-state index contributed by atoms with van der Waals surface area (Å²) in [6, 6.07) is 3.68. The van der Waals surface area contributed by atoms with Crippen LogP contribution in [-0.4, -0.2) is 11.1 Å². The number of carbonyl (C=O) groups is 1. The van der Waals surface area contributed by atoms with Crippen molar-refractivity contribution >= 4 is 34.9 Å². The molecule has 0 atom stereocenters. The highest BCUT2D eigenvalue weighted by Gasteiger charge is 2.09. The number of hydrogen-bond donors (Lipinski definition) is 0. The fourth-order valence-electron chi connectivity index (χ4n) is 0.765. The summed E-state index contributed by atoms with van der Waals surface area (Å²) in [4.78, 5) is 14.1. The molecular formula is C8H3ClFNOS. The smallest absolute Gasteiger partial charge is 0.266 e. The number of hydrogen-bond acceptors (Lipinski definition) is 2. The van der Waals surface area contributed by atoms with Gasteiger partial charge in [-0.3, -0.25) is 4.79 Å². The molecule has 2 nitrogen and oxygen atoms in total. The second-order valence-corrected chi connectivity index (χ2v) is 2.75. The topological polar surface area (TPSA) is 29.4 Å². The van der Waals surface area contributed by atoms with Crippen molar-refractivity contribution < 1.29 is 9.18 Å². The zero-order valence-electron chi connectivity index (χ0n) is 6.25. The third kappa shape index (κ3) is 2.42. The Balaban J connectivity index is 3.16. The molecule has 0 spiro atoms. The summed E-state index contributed by atoms with van der Waals surface area (Å²) >= 11 is 9.69. The second-order valence-electron chi connectivity index (χ2n) is 2.13.